The van der Waals surface area contributed by atoms with Gasteiger partial charge in [0.25, 0.3) is 0 Å². The van der Waals surface area contributed by atoms with Gasteiger partial charge in [0.2, 0.25) is 10.0 Å². The van der Waals surface area contributed by atoms with Gasteiger partial charge < -0.3 is 5.43 Å². The monoisotopic (exact) mass is 309 g/mol. The molecule has 3 rings (SSSR count). The SMILES string of the molecule is CC(NS(=O)(=O)c1ccccc1NN)C1CC2CCC1C2. The lowest BCUT2D eigenvalue weighted by Gasteiger charge is -2.28. The van der Waals surface area contributed by atoms with Crippen LogP contribution >= 0.6 is 0 Å². The van der Waals surface area contributed by atoms with Crippen molar-refractivity contribution in [3.8, 4) is 0 Å². The van der Waals surface area contributed by atoms with Gasteiger partial charge in [-0.3, -0.25) is 5.84 Å². The quantitative estimate of drug-likeness (QED) is 0.574. The number of anilines is 1. The van der Waals surface area contributed by atoms with Crippen LogP contribution in [0.2, 0.25) is 0 Å². The topological polar surface area (TPSA) is 84.2 Å². The zero-order valence-electron chi connectivity index (χ0n) is 12.2. The maximum Gasteiger partial charge on any atom is 0.242 e. The van der Waals surface area contributed by atoms with Gasteiger partial charge in [0.15, 0.2) is 0 Å². The predicted molar refractivity (Wildman–Crippen MR) is 83.0 cm³/mol. The highest BCUT2D eigenvalue weighted by molar-refractivity contribution is 7.89. The molecule has 1 aromatic carbocycles. The minimum absolute atomic E-state index is 0.0314. The number of hydrogen-bond donors (Lipinski definition) is 3. The largest absolute Gasteiger partial charge is 0.323 e. The normalized spacial score (nSPS) is 29.5. The Morgan fingerprint density at radius 2 is 2.00 bits per heavy atom. The Balaban J connectivity index is 1.77. The van der Waals surface area contributed by atoms with Crippen molar-refractivity contribution in [2.24, 2.45) is 23.6 Å². The van der Waals surface area contributed by atoms with Crippen LogP contribution in [0.5, 0.6) is 0 Å². The van der Waals surface area contributed by atoms with Crippen LogP contribution in [-0.4, -0.2) is 14.5 Å². The fraction of sp³-hybridized carbons (Fsp3) is 0.600. The number of para-hydroxylation sites is 1. The Bertz CT molecular complexity index is 617. The molecule has 0 saturated heterocycles. The van der Waals surface area contributed by atoms with E-state index in [4.69, 9.17) is 5.84 Å². The third-order valence-electron chi connectivity index (χ3n) is 5.11. The molecule has 2 saturated carbocycles. The van der Waals surface area contributed by atoms with E-state index in [9.17, 15) is 8.42 Å². The molecule has 0 spiro atoms. The molecule has 2 bridgehead atoms. The van der Waals surface area contributed by atoms with Gasteiger partial charge in [-0.25, -0.2) is 13.1 Å². The highest BCUT2D eigenvalue weighted by atomic mass is 32.2. The van der Waals surface area contributed by atoms with Crippen LogP contribution in [0, 0.1) is 17.8 Å². The summed E-state index contributed by atoms with van der Waals surface area (Å²) < 4.78 is 28.0. The highest BCUT2D eigenvalue weighted by Gasteiger charge is 2.42. The molecule has 116 valence electrons. The minimum atomic E-state index is -3.55. The van der Waals surface area contributed by atoms with Gasteiger partial charge in [-0.15, -0.1) is 0 Å². The van der Waals surface area contributed by atoms with E-state index in [0.717, 1.165) is 12.3 Å². The zero-order chi connectivity index (χ0) is 15.0. The minimum Gasteiger partial charge on any atom is -0.323 e. The summed E-state index contributed by atoms with van der Waals surface area (Å²) in [5, 5.41) is 0. The van der Waals surface area contributed by atoms with Gasteiger partial charge in [-0.1, -0.05) is 18.6 Å². The molecule has 5 nitrogen and oxygen atoms in total. The Labute approximate surface area is 126 Å². The second-order valence-corrected chi connectivity index (χ2v) is 8.07. The number of benzene rings is 1. The summed E-state index contributed by atoms with van der Waals surface area (Å²) in [4.78, 5) is 0.211. The second-order valence-electron chi connectivity index (χ2n) is 6.39. The first-order chi connectivity index (χ1) is 10.0. The van der Waals surface area contributed by atoms with Crippen LogP contribution in [0.15, 0.2) is 29.2 Å². The highest BCUT2D eigenvalue weighted by Crippen LogP contribution is 2.49. The van der Waals surface area contributed by atoms with Crippen LogP contribution < -0.4 is 16.0 Å². The Morgan fingerprint density at radius 3 is 2.62 bits per heavy atom. The summed E-state index contributed by atoms with van der Waals surface area (Å²) >= 11 is 0. The molecular formula is C15H23N3O2S. The van der Waals surface area contributed by atoms with Gasteiger partial charge in [0.05, 0.1) is 5.69 Å². The van der Waals surface area contributed by atoms with E-state index in [0.29, 0.717) is 17.5 Å². The van der Waals surface area contributed by atoms with Crippen molar-refractivity contribution >= 4 is 15.7 Å². The predicted octanol–water partition coefficient (Wildman–Crippen LogP) is 2.08. The lowest BCUT2D eigenvalue weighted by molar-refractivity contribution is 0.280. The van der Waals surface area contributed by atoms with Crippen LogP contribution in [-0.2, 0) is 10.0 Å². The van der Waals surface area contributed by atoms with Gasteiger partial charge in [0.1, 0.15) is 4.90 Å². The van der Waals surface area contributed by atoms with Crippen molar-refractivity contribution < 1.29 is 8.42 Å². The molecule has 2 fully saturated rings. The number of nitrogens with one attached hydrogen (secondary N) is 2. The Morgan fingerprint density at radius 1 is 1.24 bits per heavy atom. The van der Waals surface area contributed by atoms with Crippen molar-refractivity contribution in [2.75, 3.05) is 5.43 Å². The van der Waals surface area contributed by atoms with E-state index in [1.165, 1.54) is 19.3 Å². The number of sulfonamides is 1. The van der Waals surface area contributed by atoms with Crippen molar-refractivity contribution in [1.82, 2.24) is 4.72 Å². The molecule has 1 aromatic rings. The second kappa shape index (κ2) is 5.59. The molecule has 4 atom stereocenters. The zero-order valence-corrected chi connectivity index (χ0v) is 13.1. The Hall–Kier alpha value is -1.11. The molecule has 0 radical (unpaired) electrons. The van der Waals surface area contributed by atoms with Crippen molar-refractivity contribution in [2.45, 2.75) is 43.5 Å². The van der Waals surface area contributed by atoms with Crippen molar-refractivity contribution in [3.63, 3.8) is 0 Å². The average molecular weight is 309 g/mol. The molecule has 0 aromatic heterocycles. The number of hydrogen-bond acceptors (Lipinski definition) is 4. The molecular weight excluding hydrogens is 286 g/mol. The first-order valence-corrected chi connectivity index (χ1v) is 9.07. The maximum atomic E-state index is 12.6. The van der Waals surface area contributed by atoms with Crippen LogP contribution in [0.3, 0.4) is 0 Å². The molecule has 0 aliphatic heterocycles. The molecule has 4 N–H and O–H groups in total. The third kappa shape index (κ3) is 2.80. The molecule has 0 heterocycles. The van der Waals surface area contributed by atoms with Crippen LogP contribution in [0.4, 0.5) is 5.69 Å². The lowest BCUT2D eigenvalue weighted by atomic mass is 9.84. The molecule has 21 heavy (non-hydrogen) atoms. The van der Waals surface area contributed by atoms with Crippen LogP contribution in [0.1, 0.15) is 32.6 Å². The van der Waals surface area contributed by atoms with E-state index >= 15 is 0 Å². The van der Waals surface area contributed by atoms with E-state index in [-0.39, 0.29) is 10.9 Å². The summed E-state index contributed by atoms with van der Waals surface area (Å²) in [7, 11) is -3.55. The van der Waals surface area contributed by atoms with E-state index in [1.807, 2.05) is 6.92 Å². The molecule has 2 aliphatic carbocycles. The van der Waals surface area contributed by atoms with Gasteiger partial charge >= 0.3 is 0 Å². The Kier molecular flexibility index (Phi) is 3.94. The number of hydrazine groups is 1. The lowest BCUT2D eigenvalue weighted by Crippen LogP contribution is -2.40. The standard InChI is InChI=1S/C15H23N3O2S/c1-10(13-9-11-6-7-12(13)8-11)18-21(19,20)15-5-3-2-4-14(15)17-16/h2-5,10-13,17-18H,6-9,16H2,1H3. The van der Waals surface area contributed by atoms with Crippen molar-refractivity contribution in [3.05, 3.63) is 24.3 Å². The van der Waals surface area contributed by atoms with Crippen molar-refractivity contribution in [1.29, 1.82) is 0 Å². The average Bonchev–Trinajstić information content (AvgIpc) is 3.09. The molecule has 2 aliphatic rings. The maximum absolute atomic E-state index is 12.6. The smallest absolute Gasteiger partial charge is 0.242 e. The van der Waals surface area contributed by atoms with Crippen LogP contribution in [0.25, 0.3) is 0 Å². The van der Waals surface area contributed by atoms with E-state index in [1.54, 1.807) is 24.3 Å². The number of nitrogens with two attached hydrogens (primary N) is 1. The number of fused-ring (bicyclic) bond motifs is 2. The van der Waals surface area contributed by atoms with E-state index < -0.39 is 10.0 Å². The fourth-order valence-electron chi connectivity index (χ4n) is 4.12. The van der Waals surface area contributed by atoms with Gasteiger partial charge in [-0.2, -0.15) is 0 Å². The summed E-state index contributed by atoms with van der Waals surface area (Å²) in [5.74, 6) is 7.38. The van der Waals surface area contributed by atoms with Gasteiger partial charge in [0, 0.05) is 6.04 Å². The summed E-state index contributed by atoms with van der Waals surface area (Å²) in [6.45, 7) is 1.99. The van der Waals surface area contributed by atoms with Gasteiger partial charge in [-0.05, 0) is 56.1 Å². The number of rotatable bonds is 5. The van der Waals surface area contributed by atoms with E-state index in [2.05, 4.69) is 10.1 Å². The number of nitrogen functional groups attached to an aromatic ring is 1. The first kappa shape index (κ1) is 14.8. The fourth-order valence-corrected chi connectivity index (χ4v) is 5.59. The third-order valence-corrected chi connectivity index (χ3v) is 6.73. The summed E-state index contributed by atoms with van der Waals surface area (Å²) in [6.07, 6.45) is 5.01. The summed E-state index contributed by atoms with van der Waals surface area (Å²) in [6, 6.07) is 6.67. The molecule has 0 amide bonds. The first-order valence-electron chi connectivity index (χ1n) is 7.59. The summed E-state index contributed by atoms with van der Waals surface area (Å²) in [5.41, 5.74) is 2.87. The molecule has 6 heteroatoms. The molecule has 4 unspecified atom stereocenters.